The van der Waals surface area contributed by atoms with Crippen LogP contribution in [0.5, 0.6) is 5.75 Å². The monoisotopic (exact) mass is 462 g/mol. The Morgan fingerprint density at radius 2 is 2.03 bits per heavy atom. The van der Waals surface area contributed by atoms with E-state index in [0.717, 1.165) is 16.8 Å². The standard InChI is InChI=1S/C24H23ClN6O2/c1-4-27-24(32)18(11-12-26)22-23-30-29-14(2)31(23)20-10-9-17(33-3)13-19(20)21(28-22)15-5-7-16(25)8-6-15/h5-10,13,18,22H,4,11H2,1-3H3,(H,27,32)/t18?,22-/m0/s1. The van der Waals surface area contributed by atoms with E-state index in [-0.39, 0.29) is 12.3 Å². The Balaban J connectivity index is 2.02. The maximum atomic E-state index is 13.0. The number of carbonyl (C=O) groups is 1. The fraction of sp³-hybridized carbons (Fsp3) is 0.292. The molecule has 4 rings (SSSR count). The van der Waals surface area contributed by atoms with Crippen molar-refractivity contribution >= 4 is 23.2 Å². The number of benzene rings is 2. The summed E-state index contributed by atoms with van der Waals surface area (Å²) < 4.78 is 7.38. The number of aromatic nitrogens is 3. The first-order chi connectivity index (χ1) is 16.0. The van der Waals surface area contributed by atoms with Gasteiger partial charge < -0.3 is 10.1 Å². The molecule has 2 heterocycles. The maximum Gasteiger partial charge on any atom is 0.226 e. The molecule has 1 amide bonds. The van der Waals surface area contributed by atoms with Crippen LogP contribution in [-0.2, 0) is 4.79 Å². The highest BCUT2D eigenvalue weighted by Gasteiger charge is 2.37. The molecule has 0 saturated heterocycles. The number of ether oxygens (including phenoxy) is 1. The molecule has 1 aliphatic rings. The molecule has 1 unspecified atom stereocenters. The van der Waals surface area contributed by atoms with Gasteiger partial charge in [-0.25, -0.2) is 0 Å². The molecule has 2 atom stereocenters. The molecular weight excluding hydrogens is 440 g/mol. The van der Waals surface area contributed by atoms with Crippen LogP contribution in [0.4, 0.5) is 0 Å². The molecule has 168 valence electrons. The predicted molar refractivity (Wildman–Crippen MR) is 125 cm³/mol. The van der Waals surface area contributed by atoms with Crippen LogP contribution in [-0.4, -0.2) is 40.0 Å². The molecule has 0 fully saturated rings. The van der Waals surface area contributed by atoms with Crippen molar-refractivity contribution in [2.75, 3.05) is 13.7 Å². The maximum absolute atomic E-state index is 13.0. The van der Waals surface area contributed by atoms with Gasteiger partial charge in [0.15, 0.2) is 5.82 Å². The van der Waals surface area contributed by atoms with Gasteiger partial charge in [0.2, 0.25) is 5.91 Å². The Labute approximate surface area is 196 Å². The second kappa shape index (κ2) is 9.43. The second-order valence-electron chi connectivity index (χ2n) is 7.62. The molecule has 0 radical (unpaired) electrons. The number of fused-ring (bicyclic) bond motifs is 3. The SMILES string of the molecule is CCNC(=O)C(CC#N)[C@@H]1N=C(c2ccc(Cl)cc2)c2cc(OC)ccc2-n2c(C)nnc21. The van der Waals surface area contributed by atoms with Gasteiger partial charge in [-0.3, -0.25) is 14.4 Å². The molecule has 1 aliphatic heterocycles. The molecule has 2 aromatic carbocycles. The molecule has 0 bridgehead atoms. The molecule has 33 heavy (non-hydrogen) atoms. The number of methoxy groups -OCH3 is 1. The summed E-state index contributed by atoms with van der Waals surface area (Å²) in [7, 11) is 1.60. The number of nitrogens with zero attached hydrogens (tertiary/aromatic N) is 5. The fourth-order valence-electron chi connectivity index (χ4n) is 4.02. The summed E-state index contributed by atoms with van der Waals surface area (Å²) in [6, 6.07) is 14.5. The van der Waals surface area contributed by atoms with Gasteiger partial charge in [0, 0.05) is 29.1 Å². The normalized spacial score (nSPS) is 15.4. The Kier molecular flexibility index (Phi) is 6.43. The number of halogens is 1. The second-order valence-corrected chi connectivity index (χ2v) is 8.05. The summed E-state index contributed by atoms with van der Waals surface area (Å²) in [5.74, 6) is 0.836. The molecule has 8 nitrogen and oxygen atoms in total. The minimum Gasteiger partial charge on any atom is -0.497 e. The number of amides is 1. The number of carbonyl (C=O) groups excluding carboxylic acids is 1. The smallest absolute Gasteiger partial charge is 0.226 e. The number of rotatable bonds is 6. The minimum atomic E-state index is -0.740. The van der Waals surface area contributed by atoms with Crippen LogP contribution in [0.3, 0.4) is 0 Å². The van der Waals surface area contributed by atoms with Gasteiger partial charge in [0.05, 0.1) is 30.5 Å². The van der Waals surface area contributed by atoms with Gasteiger partial charge in [0.25, 0.3) is 0 Å². The third-order valence-corrected chi connectivity index (χ3v) is 5.83. The van der Waals surface area contributed by atoms with Gasteiger partial charge in [0.1, 0.15) is 17.6 Å². The number of nitrogens with one attached hydrogen (secondary N) is 1. The number of nitriles is 1. The molecule has 1 aromatic heterocycles. The molecule has 1 N–H and O–H groups in total. The van der Waals surface area contributed by atoms with Gasteiger partial charge >= 0.3 is 0 Å². The van der Waals surface area contributed by atoms with E-state index in [1.54, 1.807) is 19.2 Å². The number of hydrogen-bond donors (Lipinski definition) is 1. The van der Waals surface area contributed by atoms with E-state index in [1.807, 2.05) is 48.7 Å². The van der Waals surface area contributed by atoms with Gasteiger partial charge in [-0.2, -0.15) is 5.26 Å². The molecule has 3 aromatic rings. The van der Waals surface area contributed by atoms with Crippen LogP contribution >= 0.6 is 11.6 Å². The lowest BCUT2D eigenvalue weighted by atomic mass is 9.94. The van der Waals surface area contributed by atoms with E-state index >= 15 is 0 Å². The molecule has 9 heteroatoms. The average Bonchev–Trinajstić information content (AvgIpc) is 3.13. The summed E-state index contributed by atoms with van der Waals surface area (Å²) in [4.78, 5) is 18.0. The van der Waals surface area contributed by atoms with Crippen LogP contribution < -0.4 is 10.1 Å². The van der Waals surface area contributed by atoms with Crippen molar-refractivity contribution in [3.63, 3.8) is 0 Å². The summed E-state index contributed by atoms with van der Waals surface area (Å²) in [6.45, 7) is 4.14. The number of aliphatic imine (C=N–C) groups is 1. The first-order valence-electron chi connectivity index (χ1n) is 10.6. The van der Waals surface area contributed by atoms with Crippen LogP contribution in [0, 0.1) is 24.2 Å². The summed E-state index contributed by atoms with van der Waals surface area (Å²) in [6.07, 6.45) is -0.0144. The highest BCUT2D eigenvalue weighted by atomic mass is 35.5. The lowest BCUT2D eigenvalue weighted by molar-refractivity contribution is -0.125. The van der Waals surface area contributed by atoms with Crippen LogP contribution in [0.2, 0.25) is 5.02 Å². The number of aryl methyl sites for hydroxylation is 1. The fourth-order valence-corrected chi connectivity index (χ4v) is 4.15. The topological polar surface area (TPSA) is 105 Å². The van der Waals surface area contributed by atoms with Crippen LogP contribution in [0.25, 0.3) is 5.69 Å². The van der Waals surface area contributed by atoms with Gasteiger partial charge in [-0.1, -0.05) is 23.7 Å². The lowest BCUT2D eigenvalue weighted by Crippen LogP contribution is -2.34. The molecule has 0 spiro atoms. The van der Waals surface area contributed by atoms with Crippen molar-refractivity contribution in [2.45, 2.75) is 26.3 Å². The third kappa shape index (κ3) is 4.20. The lowest BCUT2D eigenvalue weighted by Gasteiger charge is -2.20. The number of hydrogen-bond acceptors (Lipinski definition) is 6. The van der Waals surface area contributed by atoms with E-state index in [0.29, 0.717) is 34.7 Å². The van der Waals surface area contributed by atoms with Crippen molar-refractivity contribution in [3.05, 3.63) is 70.3 Å². The van der Waals surface area contributed by atoms with E-state index in [9.17, 15) is 10.1 Å². The van der Waals surface area contributed by atoms with Crippen molar-refractivity contribution < 1.29 is 9.53 Å². The van der Waals surface area contributed by atoms with Gasteiger partial charge in [-0.05, 0) is 44.2 Å². The Hall–Kier alpha value is -3.70. The summed E-state index contributed by atoms with van der Waals surface area (Å²) in [5.41, 5.74) is 3.09. The van der Waals surface area contributed by atoms with E-state index < -0.39 is 12.0 Å². The highest BCUT2D eigenvalue weighted by Crippen LogP contribution is 2.37. The molecule has 0 aliphatic carbocycles. The van der Waals surface area contributed by atoms with E-state index in [4.69, 9.17) is 21.3 Å². The summed E-state index contributed by atoms with van der Waals surface area (Å²) >= 11 is 6.13. The highest BCUT2D eigenvalue weighted by molar-refractivity contribution is 6.30. The quantitative estimate of drug-likeness (QED) is 0.599. The Bertz CT molecular complexity index is 1260. The van der Waals surface area contributed by atoms with Crippen molar-refractivity contribution in [3.8, 4) is 17.5 Å². The minimum absolute atomic E-state index is 0.0144. The zero-order valence-corrected chi connectivity index (χ0v) is 19.3. The predicted octanol–water partition coefficient (Wildman–Crippen LogP) is 3.80. The average molecular weight is 463 g/mol. The van der Waals surface area contributed by atoms with Crippen LogP contribution in [0.15, 0.2) is 47.5 Å². The molecular formula is C24H23ClN6O2. The van der Waals surface area contributed by atoms with E-state index in [1.165, 1.54) is 0 Å². The third-order valence-electron chi connectivity index (χ3n) is 5.58. The Morgan fingerprint density at radius 3 is 2.70 bits per heavy atom. The van der Waals surface area contributed by atoms with E-state index in [2.05, 4.69) is 21.6 Å². The first kappa shape index (κ1) is 22.5. The zero-order valence-electron chi connectivity index (χ0n) is 18.5. The van der Waals surface area contributed by atoms with Crippen molar-refractivity contribution in [1.82, 2.24) is 20.1 Å². The van der Waals surface area contributed by atoms with Crippen LogP contribution in [0.1, 0.15) is 42.2 Å². The summed E-state index contributed by atoms with van der Waals surface area (Å²) in [5, 5.41) is 21.6. The van der Waals surface area contributed by atoms with Crippen molar-refractivity contribution in [2.24, 2.45) is 10.9 Å². The van der Waals surface area contributed by atoms with Crippen molar-refractivity contribution in [1.29, 1.82) is 5.26 Å². The molecule has 0 saturated carbocycles. The largest absolute Gasteiger partial charge is 0.497 e. The zero-order chi connectivity index (χ0) is 23.5. The first-order valence-corrected chi connectivity index (χ1v) is 10.9. The van der Waals surface area contributed by atoms with Gasteiger partial charge in [-0.15, -0.1) is 10.2 Å². The Morgan fingerprint density at radius 1 is 1.27 bits per heavy atom.